The van der Waals surface area contributed by atoms with Crippen LogP contribution in [0.2, 0.25) is 0 Å². The summed E-state index contributed by atoms with van der Waals surface area (Å²) in [7, 11) is 0. The largest absolute Gasteiger partial charge is 0.508 e. The fourth-order valence-electron chi connectivity index (χ4n) is 4.63. The van der Waals surface area contributed by atoms with Crippen molar-refractivity contribution < 1.29 is 34.4 Å². The van der Waals surface area contributed by atoms with Crippen molar-refractivity contribution in [3.63, 3.8) is 0 Å². The van der Waals surface area contributed by atoms with Crippen molar-refractivity contribution in [3.8, 4) is 11.5 Å². The molecule has 3 N–H and O–H groups in total. The van der Waals surface area contributed by atoms with Crippen LogP contribution in [0.1, 0.15) is 12.8 Å². The Morgan fingerprint density at radius 2 is 2.04 bits per heavy atom. The lowest BCUT2D eigenvalue weighted by molar-refractivity contribution is -0.143. The van der Waals surface area contributed by atoms with Crippen LogP contribution in [0.15, 0.2) is 47.6 Å². The summed E-state index contributed by atoms with van der Waals surface area (Å²) >= 11 is 0. The van der Waals surface area contributed by atoms with Gasteiger partial charge in [0.25, 0.3) is 0 Å². The van der Waals surface area contributed by atoms with Crippen molar-refractivity contribution in [3.05, 3.63) is 47.6 Å². The fourth-order valence-corrected chi connectivity index (χ4v) is 4.63. The minimum absolute atomic E-state index is 0.0243. The second kappa shape index (κ2) is 7.31. The molecule has 0 amide bonds. The van der Waals surface area contributed by atoms with Gasteiger partial charge in [-0.15, -0.1) is 0 Å². The van der Waals surface area contributed by atoms with Crippen molar-refractivity contribution in [1.29, 1.82) is 0 Å². The number of aliphatic carboxylic acids is 1. The highest BCUT2D eigenvalue weighted by molar-refractivity contribution is 5.91. The van der Waals surface area contributed by atoms with E-state index in [4.69, 9.17) is 9.47 Å². The summed E-state index contributed by atoms with van der Waals surface area (Å²) in [6, 6.07) is 6.21. The highest BCUT2D eigenvalue weighted by Gasteiger charge is 2.52. The maximum atomic E-state index is 12.5. The zero-order valence-electron chi connectivity index (χ0n) is 15.2. The fraction of sp³-hybridized carbons (Fsp3) is 0.429. The first kappa shape index (κ1) is 18.6. The summed E-state index contributed by atoms with van der Waals surface area (Å²) in [5.41, 5.74) is 1.04. The second-order valence-electron chi connectivity index (χ2n) is 7.63. The predicted molar refractivity (Wildman–Crippen MR) is 97.6 cm³/mol. The van der Waals surface area contributed by atoms with Gasteiger partial charge in [0.05, 0.1) is 0 Å². The van der Waals surface area contributed by atoms with E-state index in [1.54, 1.807) is 12.1 Å². The molecule has 1 aromatic rings. The molecule has 0 heterocycles. The number of fused-ring (bicyclic) bond motifs is 5. The first-order valence-corrected chi connectivity index (χ1v) is 9.35. The number of rotatable bonds is 7. The average Bonchev–Trinajstić information content (AvgIpc) is 3.35. The Balaban J connectivity index is 1.27. The van der Waals surface area contributed by atoms with E-state index in [0.29, 0.717) is 23.3 Å². The van der Waals surface area contributed by atoms with Gasteiger partial charge in [-0.3, -0.25) is 0 Å². The van der Waals surface area contributed by atoms with Crippen LogP contribution in [-0.2, 0) is 14.3 Å². The molecule has 1 saturated carbocycles. The molecule has 0 spiro atoms. The lowest BCUT2D eigenvalue weighted by atomic mass is 9.81. The molecule has 3 aliphatic rings. The zero-order chi connectivity index (χ0) is 19.8. The number of benzene rings is 1. The van der Waals surface area contributed by atoms with Crippen LogP contribution in [-0.4, -0.2) is 46.6 Å². The SMILES string of the molecule is O=C(O)C1=CC2C3C=C(C(=O)OCC(O)COc4cccc(O)c4)C(C3)C2C1. The van der Waals surface area contributed by atoms with E-state index in [1.807, 2.05) is 12.2 Å². The molecule has 1 aromatic carbocycles. The van der Waals surface area contributed by atoms with Crippen molar-refractivity contribution in [2.24, 2.45) is 23.7 Å². The quantitative estimate of drug-likeness (QED) is 0.613. The average molecular weight is 386 g/mol. The van der Waals surface area contributed by atoms with Gasteiger partial charge in [0.15, 0.2) is 0 Å². The predicted octanol–water partition coefficient (Wildman–Crippen LogP) is 1.90. The molecule has 3 aliphatic carbocycles. The monoisotopic (exact) mass is 386 g/mol. The number of carbonyl (C=O) groups excluding carboxylic acids is 1. The van der Waals surface area contributed by atoms with Gasteiger partial charge in [-0.2, -0.15) is 0 Å². The number of esters is 1. The summed E-state index contributed by atoms with van der Waals surface area (Å²) in [4.78, 5) is 23.7. The topological polar surface area (TPSA) is 113 Å². The van der Waals surface area contributed by atoms with Crippen molar-refractivity contribution in [2.75, 3.05) is 13.2 Å². The Hall–Kier alpha value is -2.80. The van der Waals surface area contributed by atoms with Crippen molar-refractivity contribution in [2.45, 2.75) is 18.9 Å². The molecule has 7 nitrogen and oxygen atoms in total. The minimum Gasteiger partial charge on any atom is -0.508 e. The minimum atomic E-state index is -0.995. The summed E-state index contributed by atoms with van der Waals surface area (Å²) in [5.74, 6) is -0.289. The number of hydrogen-bond donors (Lipinski definition) is 3. The number of allylic oxidation sites excluding steroid dienone is 2. The number of carbonyl (C=O) groups is 2. The summed E-state index contributed by atoms with van der Waals surface area (Å²) in [6.07, 6.45) is 4.10. The molecule has 28 heavy (non-hydrogen) atoms. The maximum absolute atomic E-state index is 12.5. The van der Waals surface area contributed by atoms with E-state index in [9.17, 15) is 24.9 Å². The number of carboxylic acid groups (broad SMARTS) is 1. The molecular weight excluding hydrogens is 364 g/mol. The highest BCUT2D eigenvalue weighted by atomic mass is 16.5. The van der Waals surface area contributed by atoms with Crippen LogP contribution in [0.5, 0.6) is 11.5 Å². The molecule has 1 fully saturated rings. The van der Waals surface area contributed by atoms with Gasteiger partial charge in [-0.1, -0.05) is 18.2 Å². The van der Waals surface area contributed by atoms with E-state index in [-0.39, 0.29) is 42.6 Å². The van der Waals surface area contributed by atoms with E-state index < -0.39 is 18.0 Å². The normalized spacial score (nSPS) is 28.3. The lowest BCUT2D eigenvalue weighted by Crippen LogP contribution is -2.28. The van der Waals surface area contributed by atoms with Crippen LogP contribution in [0.25, 0.3) is 0 Å². The van der Waals surface area contributed by atoms with Crippen LogP contribution >= 0.6 is 0 Å². The molecule has 5 atom stereocenters. The maximum Gasteiger partial charge on any atom is 0.334 e. The van der Waals surface area contributed by atoms with Gasteiger partial charge in [0, 0.05) is 17.2 Å². The van der Waals surface area contributed by atoms with Gasteiger partial charge >= 0.3 is 11.9 Å². The number of aromatic hydroxyl groups is 1. The first-order chi connectivity index (χ1) is 13.4. The molecule has 2 bridgehead atoms. The third-order valence-corrected chi connectivity index (χ3v) is 5.85. The molecular formula is C21H22O7. The molecule has 7 heteroatoms. The third kappa shape index (κ3) is 3.49. The van der Waals surface area contributed by atoms with Crippen molar-refractivity contribution >= 4 is 11.9 Å². The highest BCUT2D eigenvalue weighted by Crippen LogP contribution is 2.57. The van der Waals surface area contributed by atoms with Gasteiger partial charge in [-0.25, -0.2) is 9.59 Å². The summed E-state index contributed by atoms with van der Waals surface area (Å²) in [5, 5.41) is 28.6. The van der Waals surface area contributed by atoms with Crippen LogP contribution < -0.4 is 4.74 Å². The number of ether oxygens (including phenoxy) is 2. The van der Waals surface area contributed by atoms with Gasteiger partial charge < -0.3 is 24.8 Å². The second-order valence-corrected chi connectivity index (χ2v) is 7.63. The number of aliphatic hydroxyl groups is 1. The molecule has 0 aliphatic heterocycles. The summed E-state index contributed by atoms with van der Waals surface area (Å²) < 4.78 is 10.6. The Bertz CT molecular complexity index is 856. The number of phenolic OH excluding ortho intramolecular Hbond substituents is 1. The van der Waals surface area contributed by atoms with Crippen LogP contribution in [0.4, 0.5) is 0 Å². The molecule has 0 radical (unpaired) electrons. The zero-order valence-corrected chi connectivity index (χ0v) is 15.2. The number of carboxylic acids is 1. The summed E-state index contributed by atoms with van der Waals surface area (Å²) in [6.45, 7) is -0.266. The van der Waals surface area contributed by atoms with E-state index >= 15 is 0 Å². The number of hydrogen-bond acceptors (Lipinski definition) is 6. The Morgan fingerprint density at radius 3 is 2.79 bits per heavy atom. The number of aliphatic hydroxyl groups excluding tert-OH is 1. The van der Waals surface area contributed by atoms with Crippen molar-refractivity contribution in [1.82, 2.24) is 0 Å². The smallest absolute Gasteiger partial charge is 0.334 e. The van der Waals surface area contributed by atoms with E-state index in [0.717, 1.165) is 6.42 Å². The Labute approximate surface area is 161 Å². The lowest BCUT2D eigenvalue weighted by Gasteiger charge is -2.24. The number of phenols is 1. The van der Waals surface area contributed by atoms with E-state index in [1.165, 1.54) is 12.1 Å². The van der Waals surface area contributed by atoms with Gasteiger partial charge in [0.1, 0.15) is 30.8 Å². The van der Waals surface area contributed by atoms with Crippen LogP contribution in [0.3, 0.4) is 0 Å². The standard InChI is InChI=1S/C21H22O7/c22-13-2-1-3-15(8-13)27-9-14(23)10-28-21(26)19-5-11-4-18(19)17-7-12(20(24)25)6-16(11)17/h1-3,5-6,8,11,14,16-18,22-23H,4,7,9-10H2,(H,24,25). The van der Waals surface area contributed by atoms with Gasteiger partial charge in [-0.05, 0) is 48.6 Å². The molecule has 148 valence electrons. The molecule has 0 saturated heterocycles. The Kier molecular flexibility index (Phi) is 4.85. The first-order valence-electron chi connectivity index (χ1n) is 9.35. The van der Waals surface area contributed by atoms with Crippen LogP contribution in [0, 0.1) is 23.7 Å². The van der Waals surface area contributed by atoms with E-state index in [2.05, 4.69) is 0 Å². The molecule has 5 unspecified atom stereocenters. The molecule has 4 rings (SSSR count). The third-order valence-electron chi connectivity index (χ3n) is 5.85. The Morgan fingerprint density at radius 1 is 1.21 bits per heavy atom. The molecule has 0 aromatic heterocycles. The van der Waals surface area contributed by atoms with Gasteiger partial charge in [0.2, 0.25) is 0 Å².